The van der Waals surface area contributed by atoms with Crippen LogP contribution in [0.3, 0.4) is 0 Å². The van der Waals surface area contributed by atoms with Crippen molar-refractivity contribution in [3.8, 4) is 0 Å². The lowest BCUT2D eigenvalue weighted by molar-refractivity contribution is -0.114. The number of nitrogens with two attached hydrogens (primary N) is 1. The first-order valence-electron chi connectivity index (χ1n) is 3.52. The summed E-state index contributed by atoms with van der Waals surface area (Å²) in [6.07, 6.45) is 1.33. The fraction of sp³-hybridized carbons (Fsp3) is 0.429. The number of urea groups is 1. The maximum Gasteiger partial charge on any atom is 0.320 e. The van der Waals surface area contributed by atoms with Crippen molar-refractivity contribution < 1.29 is 9.59 Å². The van der Waals surface area contributed by atoms with Gasteiger partial charge in [0, 0.05) is 6.20 Å². The van der Waals surface area contributed by atoms with E-state index in [1.54, 1.807) is 6.92 Å². The van der Waals surface area contributed by atoms with Crippen LogP contribution in [0.25, 0.3) is 0 Å². The molecule has 1 aliphatic heterocycles. The molecule has 0 aliphatic carbocycles. The van der Waals surface area contributed by atoms with Crippen LogP contribution in [-0.4, -0.2) is 17.5 Å². The van der Waals surface area contributed by atoms with Crippen molar-refractivity contribution in [1.82, 2.24) is 10.6 Å². The van der Waals surface area contributed by atoms with E-state index in [1.807, 2.05) is 0 Å². The minimum atomic E-state index is -1.06. The first-order valence-corrected chi connectivity index (χ1v) is 3.52. The fourth-order valence-electron chi connectivity index (χ4n) is 1.09. The molecule has 4 N–H and O–H groups in total. The smallest absolute Gasteiger partial charge is 0.316 e. The zero-order valence-electron chi connectivity index (χ0n) is 6.97. The van der Waals surface area contributed by atoms with E-state index in [2.05, 4.69) is 10.6 Å². The van der Waals surface area contributed by atoms with Crippen LogP contribution >= 0.6 is 0 Å². The van der Waals surface area contributed by atoms with Crippen LogP contribution in [0.5, 0.6) is 0 Å². The van der Waals surface area contributed by atoms with E-state index in [4.69, 9.17) is 5.73 Å². The highest BCUT2D eigenvalue weighted by Crippen LogP contribution is 2.12. The van der Waals surface area contributed by atoms with Crippen LogP contribution in [0.2, 0.25) is 0 Å². The Morgan fingerprint density at radius 3 is 2.67 bits per heavy atom. The quantitative estimate of drug-likeness (QED) is 0.492. The largest absolute Gasteiger partial charge is 0.320 e. The Balaban J connectivity index is 2.99. The molecule has 1 unspecified atom stereocenters. The summed E-state index contributed by atoms with van der Waals surface area (Å²) in [6, 6.07) is -0.398. The van der Waals surface area contributed by atoms with Crippen LogP contribution in [0.1, 0.15) is 13.8 Å². The summed E-state index contributed by atoms with van der Waals surface area (Å²) in [5.41, 5.74) is 4.95. The Bertz CT molecular complexity index is 268. The minimum Gasteiger partial charge on any atom is -0.316 e. The lowest BCUT2D eigenvalue weighted by atomic mass is 9.99. The average molecular weight is 169 g/mol. The second kappa shape index (κ2) is 2.60. The van der Waals surface area contributed by atoms with Crippen LogP contribution < -0.4 is 16.4 Å². The summed E-state index contributed by atoms with van der Waals surface area (Å²) < 4.78 is 0. The number of ketones is 1. The highest BCUT2D eigenvalue weighted by atomic mass is 16.2. The van der Waals surface area contributed by atoms with Crippen molar-refractivity contribution >= 4 is 11.8 Å². The molecule has 1 atom stereocenters. The molecule has 0 aromatic rings. The van der Waals surface area contributed by atoms with Crippen LogP contribution in [-0.2, 0) is 4.79 Å². The number of carbonyl (C=O) groups excluding carboxylic acids is 2. The van der Waals surface area contributed by atoms with E-state index in [-0.39, 0.29) is 5.78 Å². The molecular weight excluding hydrogens is 158 g/mol. The van der Waals surface area contributed by atoms with Gasteiger partial charge >= 0.3 is 6.03 Å². The molecular formula is C7H11N3O2. The standard InChI is InChI=1S/C7H11N3O2/c1-4(11)5-3-9-6(12)10-7(5,2)8/h3H,8H2,1-2H3,(H2,9,10,12). The van der Waals surface area contributed by atoms with E-state index in [0.29, 0.717) is 5.57 Å². The molecule has 0 fully saturated rings. The maximum absolute atomic E-state index is 11.0. The zero-order valence-corrected chi connectivity index (χ0v) is 6.97. The van der Waals surface area contributed by atoms with Crippen molar-refractivity contribution in [2.45, 2.75) is 19.5 Å². The molecule has 0 saturated heterocycles. The fourth-order valence-corrected chi connectivity index (χ4v) is 1.09. The van der Waals surface area contributed by atoms with Crippen LogP contribution in [0.15, 0.2) is 11.8 Å². The lowest BCUT2D eigenvalue weighted by Gasteiger charge is -2.30. The molecule has 66 valence electrons. The van der Waals surface area contributed by atoms with Gasteiger partial charge in [-0.15, -0.1) is 0 Å². The van der Waals surface area contributed by atoms with E-state index in [0.717, 1.165) is 0 Å². The first-order chi connectivity index (χ1) is 5.43. The molecule has 0 radical (unpaired) electrons. The van der Waals surface area contributed by atoms with Gasteiger partial charge in [-0.1, -0.05) is 0 Å². The first kappa shape index (κ1) is 8.73. The molecule has 0 saturated carbocycles. The number of carbonyl (C=O) groups is 2. The minimum absolute atomic E-state index is 0.160. The van der Waals surface area contributed by atoms with E-state index in [1.165, 1.54) is 13.1 Å². The molecule has 1 rings (SSSR count). The zero-order chi connectivity index (χ0) is 9.35. The molecule has 0 bridgehead atoms. The second-order valence-electron chi connectivity index (χ2n) is 2.92. The third-order valence-corrected chi connectivity index (χ3v) is 1.66. The van der Waals surface area contributed by atoms with Crippen molar-refractivity contribution in [3.63, 3.8) is 0 Å². The Labute approximate surface area is 70.0 Å². The third-order valence-electron chi connectivity index (χ3n) is 1.66. The Kier molecular flexibility index (Phi) is 1.89. The number of Topliss-reactive ketones (excluding diaryl/α,β-unsaturated/α-hetero) is 1. The lowest BCUT2D eigenvalue weighted by Crippen LogP contribution is -2.61. The Morgan fingerprint density at radius 2 is 2.25 bits per heavy atom. The summed E-state index contributed by atoms with van der Waals surface area (Å²) >= 11 is 0. The van der Waals surface area contributed by atoms with E-state index < -0.39 is 11.7 Å². The van der Waals surface area contributed by atoms with Gasteiger partial charge in [-0.3, -0.25) is 4.79 Å². The van der Waals surface area contributed by atoms with E-state index >= 15 is 0 Å². The Hall–Kier alpha value is -1.36. The number of nitrogens with one attached hydrogen (secondary N) is 2. The van der Waals surface area contributed by atoms with Gasteiger partial charge in [-0.2, -0.15) is 0 Å². The predicted octanol–water partition coefficient (Wildman–Crippen LogP) is -0.553. The molecule has 0 aromatic carbocycles. The van der Waals surface area contributed by atoms with Gasteiger partial charge in [0.15, 0.2) is 5.78 Å². The molecule has 5 nitrogen and oxygen atoms in total. The second-order valence-corrected chi connectivity index (χ2v) is 2.92. The molecule has 12 heavy (non-hydrogen) atoms. The third kappa shape index (κ3) is 1.45. The maximum atomic E-state index is 11.0. The summed E-state index contributed by atoms with van der Waals surface area (Å²) in [4.78, 5) is 21.8. The van der Waals surface area contributed by atoms with Crippen molar-refractivity contribution in [2.75, 3.05) is 0 Å². The number of hydrogen-bond donors (Lipinski definition) is 3. The highest BCUT2D eigenvalue weighted by molar-refractivity contribution is 5.98. The topological polar surface area (TPSA) is 84.2 Å². The van der Waals surface area contributed by atoms with E-state index in [9.17, 15) is 9.59 Å². The summed E-state index contributed by atoms with van der Waals surface area (Å²) in [5, 5.41) is 4.78. The van der Waals surface area contributed by atoms with Gasteiger partial charge in [-0.25, -0.2) is 4.79 Å². The number of hydrogen-bond acceptors (Lipinski definition) is 3. The van der Waals surface area contributed by atoms with Crippen molar-refractivity contribution in [2.24, 2.45) is 5.73 Å². The molecule has 1 heterocycles. The molecule has 5 heteroatoms. The number of amides is 2. The highest BCUT2D eigenvalue weighted by Gasteiger charge is 2.31. The molecule has 0 aromatic heterocycles. The van der Waals surface area contributed by atoms with Gasteiger partial charge in [0.05, 0.1) is 5.57 Å². The van der Waals surface area contributed by atoms with Gasteiger partial charge in [0.1, 0.15) is 5.66 Å². The van der Waals surface area contributed by atoms with Gasteiger partial charge in [0.25, 0.3) is 0 Å². The van der Waals surface area contributed by atoms with Crippen LogP contribution in [0, 0.1) is 0 Å². The summed E-state index contributed by atoms with van der Waals surface area (Å²) in [7, 11) is 0. The SMILES string of the molecule is CC(=O)C1=CNC(=O)NC1(C)N. The van der Waals surface area contributed by atoms with Gasteiger partial charge in [0.2, 0.25) is 0 Å². The van der Waals surface area contributed by atoms with Gasteiger partial charge in [-0.05, 0) is 13.8 Å². The molecule has 2 amide bonds. The van der Waals surface area contributed by atoms with Crippen LogP contribution in [0.4, 0.5) is 4.79 Å². The predicted molar refractivity (Wildman–Crippen MR) is 43.0 cm³/mol. The monoisotopic (exact) mass is 169 g/mol. The summed E-state index contributed by atoms with van der Waals surface area (Å²) in [6.45, 7) is 2.97. The number of rotatable bonds is 1. The molecule has 0 spiro atoms. The molecule has 1 aliphatic rings. The average Bonchev–Trinajstić information content (AvgIpc) is 1.82. The van der Waals surface area contributed by atoms with Gasteiger partial charge < -0.3 is 16.4 Å². The Morgan fingerprint density at radius 1 is 1.67 bits per heavy atom. The normalized spacial score (nSPS) is 28.6. The summed E-state index contributed by atoms with van der Waals surface area (Å²) in [5.74, 6) is -0.160. The van der Waals surface area contributed by atoms with Crippen molar-refractivity contribution in [3.05, 3.63) is 11.8 Å². The van der Waals surface area contributed by atoms with Crippen molar-refractivity contribution in [1.29, 1.82) is 0 Å².